The molecule has 0 unspecified atom stereocenters. The second-order valence-electron chi connectivity index (χ2n) is 4.00. The molecule has 2 N–H and O–H groups in total. The van der Waals surface area contributed by atoms with Crippen LogP contribution in [0, 0.1) is 6.92 Å². The molecule has 5 nitrogen and oxygen atoms in total. The van der Waals surface area contributed by atoms with E-state index in [1.54, 1.807) is 19.1 Å². The van der Waals surface area contributed by atoms with Crippen molar-refractivity contribution in [1.29, 1.82) is 0 Å². The van der Waals surface area contributed by atoms with Crippen LogP contribution in [0.15, 0.2) is 30.3 Å². The van der Waals surface area contributed by atoms with Crippen LogP contribution in [0.1, 0.15) is 21.7 Å². The van der Waals surface area contributed by atoms with Crippen molar-refractivity contribution in [1.82, 2.24) is 9.97 Å². The molecule has 1 heterocycles. The number of nitrogens with one attached hydrogen (secondary N) is 1. The molecular weight excluding hydrogens is 266 g/mol. The van der Waals surface area contributed by atoms with Gasteiger partial charge in [0.1, 0.15) is 0 Å². The predicted octanol–water partition coefficient (Wildman–Crippen LogP) is 2.75. The third kappa shape index (κ3) is 3.66. The van der Waals surface area contributed by atoms with Crippen molar-refractivity contribution < 1.29 is 9.90 Å². The predicted molar refractivity (Wildman–Crippen MR) is 72.5 cm³/mol. The summed E-state index contributed by atoms with van der Waals surface area (Å²) in [4.78, 5) is 18.9. The zero-order chi connectivity index (χ0) is 13.8. The standard InChI is InChI=1S/C13H12ClN3O2/c1-8-6-11(12(18)19)17-13(16-8)15-7-9-2-4-10(14)5-3-9/h2-6H,7H2,1H3,(H,18,19)(H,15,16,17). The molecule has 0 aliphatic carbocycles. The van der Waals surface area contributed by atoms with Gasteiger partial charge in [0.2, 0.25) is 5.95 Å². The van der Waals surface area contributed by atoms with E-state index in [-0.39, 0.29) is 5.69 Å². The molecule has 0 aliphatic heterocycles. The highest BCUT2D eigenvalue weighted by Crippen LogP contribution is 2.11. The number of hydrogen-bond acceptors (Lipinski definition) is 4. The monoisotopic (exact) mass is 277 g/mol. The van der Waals surface area contributed by atoms with E-state index in [4.69, 9.17) is 16.7 Å². The van der Waals surface area contributed by atoms with Crippen molar-refractivity contribution in [3.8, 4) is 0 Å². The van der Waals surface area contributed by atoms with Gasteiger partial charge in [-0.15, -0.1) is 0 Å². The van der Waals surface area contributed by atoms with Crippen LogP contribution in [0.4, 0.5) is 5.95 Å². The van der Waals surface area contributed by atoms with Crippen molar-refractivity contribution in [2.24, 2.45) is 0 Å². The summed E-state index contributed by atoms with van der Waals surface area (Å²) in [6.45, 7) is 2.22. The van der Waals surface area contributed by atoms with Crippen LogP contribution in [-0.4, -0.2) is 21.0 Å². The zero-order valence-electron chi connectivity index (χ0n) is 10.2. The molecule has 0 fully saturated rings. The van der Waals surface area contributed by atoms with Crippen LogP contribution in [0.5, 0.6) is 0 Å². The van der Waals surface area contributed by atoms with Crippen LogP contribution in [0.2, 0.25) is 5.02 Å². The van der Waals surface area contributed by atoms with Gasteiger partial charge in [0.15, 0.2) is 5.69 Å². The Balaban J connectivity index is 2.11. The Kier molecular flexibility index (Phi) is 3.97. The average molecular weight is 278 g/mol. The molecule has 0 saturated heterocycles. The van der Waals surface area contributed by atoms with Crippen LogP contribution in [0.25, 0.3) is 0 Å². The summed E-state index contributed by atoms with van der Waals surface area (Å²) in [5, 5.41) is 12.6. The summed E-state index contributed by atoms with van der Waals surface area (Å²) in [7, 11) is 0. The number of carboxylic acid groups (broad SMARTS) is 1. The molecule has 0 aliphatic rings. The van der Waals surface area contributed by atoms with Crippen molar-refractivity contribution in [3.63, 3.8) is 0 Å². The van der Waals surface area contributed by atoms with Gasteiger partial charge in [0.05, 0.1) is 0 Å². The van der Waals surface area contributed by atoms with Gasteiger partial charge in [-0.05, 0) is 30.7 Å². The molecule has 0 atom stereocenters. The van der Waals surface area contributed by atoms with E-state index >= 15 is 0 Å². The van der Waals surface area contributed by atoms with Crippen molar-refractivity contribution in [3.05, 3.63) is 52.3 Å². The number of aromatic nitrogens is 2. The van der Waals surface area contributed by atoms with Gasteiger partial charge >= 0.3 is 5.97 Å². The van der Waals surface area contributed by atoms with Crippen LogP contribution < -0.4 is 5.32 Å². The van der Waals surface area contributed by atoms with Crippen LogP contribution >= 0.6 is 11.6 Å². The first-order chi connectivity index (χ1) is 9.04. The quantitative estimate of drug-likeness (QED) is 0.899. The molecule has 0 bridgehead atoms. The summed E-state index contributed by atoms with van der Waals surface area (Å²) < 4.78 is 0. The van der Waals surface area contributed by atoms with Crippen molar-refractivity contribution >= 4 is 23.5 Å². The zero-order valence-corrected chi connectivity index (χ0v) is 11.0. The van der Waals surface area contributed by atoms with E-state index in [0.717, 1.165) is 5.56 Å². The minimum absolute atomic E-state index is 0.0221. The second kappa shape index (κ2) is 5.67. The SMILES string of the molecule is Cc1cc(C(=O)O)nc(NCc2ccc(Cl)cc2)n1. The van der Waals surface area contributed by atoms with Crippen molar-refractivity contribution in [2.45, 2.75) is 13.5 Å². The Hall–Kier alpha value is -2.14. The minimum Gasteiger partial charge on any atom is -0.477 e. The molecule has 1 aromatic carbocycles. The Labute approximate surface area is 115 Å². The topological polar surface area (TPSA) is 75.1 Å². The maximum atomic E-state index is 10.9. The number of carbonyl (C=O) groups is 1. The van der Waals surface area contributed by atoms with Crippen LogP contribution in [0.3, 0.4) is 0 Å². The first kappa shape index (κ1) is 13.3. The lowest BCUT2D eigenvalue weighted by Crippen LogP contribution is -2.09. The van der Waals surface area contributed by atoms with E-state index in [0.29, 0.717) is 23.2 Å². The normalized spacial score (nSPS) is 10.2. The molecular formula is C13H12ClN3O2. The Morgan fingerprint density at radius 2 is 2.00 bits per heavy atom. The molecule has 0 spiro atoms. The Morgan fingerprint density at radius 3 is 2.63 bits per heavy atom. The van der Waals surface area contributed by atoms with Gasteiger partial charge in [-0.1, -0.05) is 23.7 Å². The number of aryl methyl sites for hydroxylation is 1. The maximum Gasteiger partial charge on any atom is 0.354 e. The smallest absolute Gasteiger partial charge is 0.354 e. The summed E-state index contributed by atoms with van der Waals surface area (Å²) in [6, 6.07) is 8.76. The van der Waals surface area contributed by atoms with E-state index in [1.807, 2.05) is 12.1 Å². The largest absolute Gasteiger partial charge is 0.477 e. The summed E-state index contributed by atoms with van der Waals surface area (Å²) in [6.07, 6.45) is 0. The number of hydrogen-bond donors (Lipinski definition) is 2. The van der Waals surface area contributed by atoms with E-state index in [1.165, 1.54) is 6.07 Å². The lowest BCUT2D eigenvalue weighted by molar-refractivity contribution is 0.0690. The fourth-order valence-corrected chi connectivity index (χ4v) is 1.67. The third-order valence-electron chi connectivity index (χ3n) is 2.44. The fourth-order valence-electron chi connectivity index (χ4n) is 1.54. The summed E-state index contributed by atoms with van der Waals surface area (Å²) >= 11 is 5.79. The molecule has 0 radical (unpaired) electrons. The van der Waals surface area contributed by atoms with Gasteiger partial charge < -0.3 is 10.4 Å². The summed E-state index contributed by atoms with van der Waals surface area (Å²) in [5.74, 6) is -0.771. The van der Waals surface area contributed by atoms with Gasteiger partial charge in [-0.25, -0.2) is 14.8 Å². The minimum atomic E-state index is -1.07. The average Bonchev–Trinajstić information content (AvgIpc) is 2.37. The number of benzene rings is 1. The first-order valence-electron chi connectivity index (χ1n) is 5.62. The molecule has 2 rings (SSSR count). The molecule has 1 aromatic heterocycles. The number of nitrogens with zero attached hydrogens (tertiary/aromatic N) is 2. The third-order valence-corrected chi connectivity index (χ3v) is 2.69. The highest BCUT2D eigenvalue weighted by Gasteiger charge is 2.08. The highest BCUT2D eigenvalue weighted by atomic mass is 35.5. The Bertz CT molecular complexity index is 599. The maximum absolute atomic E-state index is 10.9. The number of aromatic carboxylic acids is 1. The van der Waals surface area contributed by atoms with Gasteiger partial charge in [0, 0.05) is 17.3 Å². The number of halogens is 1. The molecule has 6 heteroatoms. The van der Waals surface area contributed by atoms with Gasteiger partial charge in [-0.2, -0.15) is 0 Å². The summed E-state index contributed by atoms with van der Waals surface area (Å²) in [5.41, 5.74) is 1.59. The molecule has 2 aromatic rings. The van der Waals surface area contributed by atoms with Crippen LogP contribution in [-0.2, 0) is 6.54 Å². The van der Waals surface area contributed by atoms with Gasteiger partial charge in [-0.3, -0.25) is 0 Å². The number of rotatable bonds is 4. The molecule has 98 valence electrons. The lowest BCUT2D eigenvalue weighted by Gasteiger charge is -2.06. The van der Waals surface area contributed by atoms with E-state index in [2.05, 4.69) is 15.3 Å². The lowest BCUT2D eigenvalue weighted by atomic mass is 10.2. The van der Waals surface area contributed by atoms with E-state index in [9.17, 15) is 4.79 Å². The van der Waals surface area contributed by atoms with E-state index < -0.39 is 5.97 Å². The molecule has 0 saturated carbocycles. The van der Waals surface area contributed by atoms with Gasteiger partial charge in [0.25, 0.3) is 0 Å². The molecule has 19 heavy (non-hydrogen) atoms. The fraction of sp³-hybridized carbons (Fsp3) is 0.154. The number of anilines is 1. The highest BCUT2D eigenvalue weighted by molar-refractivity contribution is 6.30. The second-order valence-corrected chi connectivity index (χ2v) is 4.44. The van der Waals surface area contributed by atoms with Crippen molar-refractivity contribution in [2.75, 3.05) is 5.32 Å². The number of carboxylic acids is 1. The Morgan fingerprint density at radius 1 is 1.32 bits per heavy atom. The first-order valence-corrected chi connectivity index (χ1v) is 5.99. The molecule has 0 amide bonds.